The summed E-state index contributed by atoms with van der Waals surface area (Å²) >= 11 is 1.25. The Hall–Kier alpha value is -1.04. The Morgan fingerprint density at radius 2 is 2.22 bits per heavy atom. The largest absolute Gasteiger partial charge is 0.355 e. The first kappa shape index (κ1) is 15.0. The van der Waals surface area contributed by atoms with Gasteiger partial charge < -0.3 is 10.2 Å². The fraction of sp³-hybridized carbons (Fsp3) is 0.750. The van der Waals surface area contributed by atoms with Gasteiger partial charge in [-0.25, -0.2) is 0 Å². The molecule has 0 aromatic heterocycles. The van der Waals surface area contributed by atoms with E-state index in [1.807, 2.05) is 6.92 Å². The van der Waals surface area contributed by atoms with Crippen LogP contribution >= 0.6 is 11.8 Å². The summed E-state index contributed by atoms with van der Waals surface area (Å²) in [5.41, 5.74) is 0. The summed E-state index contributed by atoms with van der Waals surface area (Å²) in [7, 11) is 0. The van der Waals surface area contributed by atoms with Crippen molar-refractivity contribution < 1.29 is 14.4 Å². The minimum Gasteiger partial charge on any atom is -0.355 e. The quantitative estimate of drug-likeness (QED) is 0.770. The van der Waals surface area contributed by atoms with E-state index in [0.29, 0.717) is 25.3 Å². The third kappa shape index (κ3) is 5.08. The van der Waals surface area contributed by atoms with Crippen molar-refractivity contribution in [1.82, 2.24) is 10.2 Å². The van der Waals surface area contributed by atoms with Gasteiger partial charge in [0, 0.05) is 32.2 Å². The van der Waals surface area contributed by atoms with Crippen molar-refractivity contribution >= 4 is 28.7 Å². The van der Waals surface area contributed by atoms with Gasteiger partial charge in [-0.1, -0.05) is 18.7 Å². The van der Waals surface area contributed by atoms with Gasteiger partial charge in [0.05, 0.1) is 6.54 Å². The van der Waals surface area contributed by atoms with E-state index in [1.54, 1.807) is 4.90 Å². The Balaban J connectivity index is 2.33. The maximum absolute atomic E-state index is 11.7. The van der Waals surface area contributed by atoms with Crippen molar-refractivity contribution in [3.8, 4) is 0 Å². The van der Waals surface area contributed by atoms with Crippen LogP contribution in [0.4, 0.5) is 0 Å². The van der Waals surface area contributed by atoms with Crippen LogP contribution in [0.1, 0.15) is 26.7 Å². The van der Waals surface area contributed by atoms with Crippen LogP contribution in [0.25, 0.3) is 0 Å². The highest BCUT2D eigenvalue weighted by molar-refractivity contribution is 8.13. The molecule has 102 valence electrons. The van der Waals surface area contributed by atoms with Gasteiger partial charge >= 0.3 is 0 Å². The highest BCUT2D eigenvalue weighted by atomic mass is 32.2. The minimum absolute atomic E-state index is 0.0100. The Morgan fingerprint density at radius 1 is 1.50 bits per heavy atom. The van der Waals surface area contributed by atoms with Crippen molar-refractivity contribution in [1.29, 1.82) is 0 Å². The first-order chi connectivity index (χ1) is 8.52. The lowest BCUT2D eigenvalue weighted by atomic mass is 10.1. The van der Waals surface area contributed by atoms with Gasteiger partial charge in [0.15, 0.2) is 5.12 Å². The molecule has 6 heteroatoms. The van der Waals surface area contributed by atoms with E-state index in [2.05, 4.69) is 5.32 Å². The Labute approximate surface area is 112 Å². The van der Waals surface area contributed by atoms with E-state index in [9.17, 15) is 14.4 Å². The summed E-state index contributed by atoms with van der Waals surface area (Å²) < 4.78 is 0. The first-order valence-corrected chi connectivity index (χ1v) is 7.19. The molecule has 1 heterocycles. The zero-order chi connectivity index (χ0) is 13.5. The smallest absolute Gasteiger partial charge is 0.239 e. The fourth-order valence-corrected chi connectivity index (χ4v) is 2.54. The molecule has 1 unspecified atom stereocenters. The molecule has 5 nitrogen and oxygen atoms in total. The molecule has 0 aromatic rings. The highest BCUT2D eigenvalue weighted by Crippen LogP contribution is 2.21. The van der Waals surface area contributed by atoms with Gasteiger partial charge in [-0.2, -0.15) is 0 Å². The number of hydrogen-bond acceptors (Lipinski definition) is 4. The third-order valence-corrected chi connectivity index (χ3v) is 3.77. The standard InChI is InChI=1S/C12H20N2O3S/c1-3-4-13-11(16)7-14-6-10(5-12(14)17)8-18-9(2)15/h10H,3-8H2,1-2H3,(H,13,16). The summed E-state index contributed by atoms with van der Waals surface area (Å²) in [6.45, 7) is 4.87. The molecule has 1 saturated heterocycles. The third-order valence-electron chi connectivity index (χ3n) is 2.72. The number of amides is 2. The minimum atomic E-state index is -0.106. The second-order valence-electron chi connectivity index (χ2n) is 4.50. The predicted octanol–water partition coefficient (Wildman–Crippen LogP) is 0.641. The van der Waals surface area contributed by atoms with Gasteiger partial charge in [0.1, 0.15) is 0 Å². The van der Waals surface area contributed by atoms with Gasteiger partial charge in [0.2, 0.25) is 11.8 Å². The van der Waals surface area contributed by atoms with Crippen LogP contribution in [0, 0.1) is 5.92 Å². The highest BCUT2D eigenvalue weighted by Gasteiger charge is 2.30. The number of carbonyl (C=O) groups excluding carboxylic acids is 3. The SMILES string of the molecule is CCCNC(=O)CN1CC(CSC(C)=O)CC1=O. The van der Waals surface area contributed by atoms with Gasteiger partial charge in [-0.3, -0.25) is 14.4 Å². The number of nitrogens with one attached hydrogen (secondary N) is 1. The number of thioether (sulfide) groups is 1. The summed E-state index contributed by atoms with van der Waals surface area (Å²) in [4.78, 5) is 35.6. The maximum Gasteiger partial charge on any atom is 0.239 e. The zero-order valence-electron chi connectivity index (χ0n) is 10.9. The molecular weight excluding hydrogens is 252 g/mol. The second-order valence-corrected chi connectivity index (χ2v) is 5.69. The molecule has 1 fully saturated rings. The van der Waals surface area contributed by atoms with Gasteiger partial charge in [-0.15, -0.1) is 0 Å². The second kappa shape index (κ2) is 7.41. The number of rotatable bonds is 6. The summed E-state index contributed by atoms with van der Waals surface area (Å²) in [5, 5.41) is 2.82. The lowest BCUT2D eigenvalue weighted by molar-refractivity contribution is -0.133. The molecule has 2 amide bonds. The van der Waals surface area contributed by atoms with E-state index in [4.69, 9.17) is 0 Å². The molecule has 0 bridgehead atoms. The summed E-state index contributed by atoms with van der Waals surface area (Å²) in [5.74, 6) is 0.750. The van der Waals surface area contributed by atoms with E-state index >= 15 is 0 Å². The molecule has 1 rings (SSSR count). The van der Waals surface area contributed by atoms with Crippen molar-refractivity contribution in [2.75, 3.05) is 25.4 Å². The van der Waals surface area contributed by atoms with E-state index in [1.165, 1.54) is 18.7 Å². The number of likely N-dealkylation sites (tertiary alicyclic amines) is 1. The Kier molecular flexibility index (Phi) is 6.18. The van der Waals surface area contributed by atoms with Crippen molar-refractivity contribution in [3.05, 3.63) is 0 Å². The summed E-state index contributed by atoms with van der Waals surface area (Å²) in [6, 6.07) is 0. The molecule has 1 atom stereocenters. The molecule has 1 aliphatic heterocycles. The van der Waals surface area contributed by atoms with Gasteiger partial charge in [0.25, 0.3) is 0 Å². The Morgan fingerprint density at radius 3 is 2.83 bits per heavy atom. The van der Waals surface area contributed by atoms with Crippen LogP contribution in [0.2, 0.25) is 0 Å². The number of carbonyl (C=O) groups is 3. The average molecular weight is 272 g/mol. The van der Waals surface area contributed by atoms with Crippen LogP contribution in [0.5, 0.6) is 0 Å². The molecule has 0 saturated carbocycles. The Bertz CT molecular complexity index is 333. The average Bonchev–Trinajstić information content (AvgIpc) is 2.65. The molecule has 18 heavy (non-hydrogen) atoms. The van der Waals surface area contributed by atoms with Crippen molar-refractivity contribution in [2.45, 2.75) is 26.7 Å². The molecule has 0 aromatic carbocycles. The fourth-order valence-electron chi connectivity index (χ4n) is 1.85. The van der Waals surface area contributed by atoms with Crippen LogP contribution in [0.15, 0.2) is 0 Å². The van der Waals surface area contributed by atoms with Gasteiger partial charge in [-0.05, 0) is 12.3 Å². The summed E-state index contributed by atoms with van der Waals surface area (Å²) in [6.07, 6.45) is 1.33. The predicted molar refractivity (Wildman–Crippen MR) is 71.1 cm³/mol. The monoisotopic (exact) mass is 272 g/mol. The lowest BCUT2D eigenvalue weighted by Crippen LogP contribution is -2.38. The van der Waals surface area contributed by atoms with Crippen LogP contribution in [-0.2, 0) is 14.4 Å². The first-order valence-electron chi connectivity index (χ1n) is 6.20. The van der Waals surface area contributed by atoms with E-state index in [-0.39, 0.29) is 29.4 Å². The normalized spacial score (nSPS) is 19.1. The van der Waals surface area contributed by atoms with Crippen LogP contribution in [0.3, 0.4) is 0 Å². The van der Waals surface area contributed by atoms with Crippen molar-refractivity contribution in [3.63, 3.8) is 0 Å². The van der Waals surface area contributed by atoms with E-state index < -0.39 is 0 Å². The van der Waals surface area contributed by atoms with Crippen LogP contribution < -0.4 is 5.32 Å². The topological polar surface area (TPSA) is 66.5 Å². The molecule has 1 N–H and O–H groups in total. The lowest BCUT2D eigenvalue weighted by Gasteiger charge is -2.15. The molecular formula is C12H20N2O3S. The number of nitrogens with zero attached hydrogens (tertiary/aromatic N) is 1. The molecule has 1 aliphatic rings. The zero-order valence-corrected chi connectivity index (χ0v) is 11.7. The van der Waals surface area contributed by atoms with Crippen molar-refractivity contribution in [2.24, 2.45) is 5.92 Å². The number of hydrogen-bond donors (Lipinski definition) is 1. The maximum atomic E-state index is 11.7. The van der Waals surface area contributed by atoms with E-state index in [0.717, 1.165) is 6.42 Å². The molecule has 0 spiro atoms. The molecule has 0 radical (unpaired) electrons. The van der Waals surface area contributed by atoms with Crippen LogP contribution in [-0.4, -0.2) is 47.2 Å². The molecule has 0 aliphatic carbocycles.